The van der Waals surface area contributed by atoms with E-state index in [4.69, 9.17) is 16.4 Å². The first-order valence-corrected chi connectivity index (χ1v) is 12.1. The minimum Gasteiger partial charge on any atom is -0.372 e. The molecular weight excluding hydrogens is 475 g/mol. The van der Waals surface area contributed by atoms with Crippen molar-refractivity contribution in [1.29, 1.82) is 0 Å². The third-order valence-electron chi connectivity index (χ3n) is 6.65. The quantitative estimate of drug-likeness (QED) is 0.300. The minimum absolute atomic E-state index is 0.0931. The van der Waals surface area contributed by atoms with Crippen molar-refractivity contribution in [3.05, 3.63) is 51.6 Å². The molecule has 0 bridgehead atoms. The van der Waals surface area contributed by atoms with E-state index >= 15 is 0 Å². The molecule has 4 rings (SSSR count). The number of hydrogen-bond acceptors (Lipinski definition) is 4. The molecule has 1 aromatic heterocycles. The summed E-state index contributed by atoms with van der Waals surface area (Å²) in [5.74, 6) is -2.18. The van der Waals surface area contributed by atoms with Crippen LogP contribution in [0.1, 0.15) is 77.6 Å². The average Bonchev–Trinajstić information content (AvgIpc) is 3.34. The zero-order valence-electron chi connectivity index (χ0n) is 19.9. The number of anilines is 1. The molecule has 1 saturated carbocycles. The number of carbonyl (C=O) groups is 4. The number of nitrogens with one attached hydrogen (secondary N) is 2. The lowest BCUT2D eigenvalue weighted by Crippen LogP contribution is -2.55. The second-order valence-electron chi connectivity index (χ2n) is 8.94. The maximum Gasteiger partial charge on any atom is 0.292 e. The first-order valence-electron chi connectivity index (χ1n) is 11.7. The van der Waals surface area contributed by atoms with E-state index in [9.17, 15) is 18.8 Å². The molecule has 35 heavy (non-hydrogen) atoms. The fraction of sp³-hybridized carbons (Fsp3) is 0.440. The predicted molar refractivity (Wildman–Crippen MR) is 131 cm³/mol. The number of fused-ring (bicyclic) bond motifs is 1. The Labute approximate surface area is 208 Å². The van der Waals surface area contributed by atoms with Crippen molar-refractivity contribution < 1.29 is 23.6 Å². The number of nitrogens with two attached hydrogens (primary N) is 1. The predicted octanol–water partition coefficient (Wildman–Crippen LogP) is 3.91. The Bertz CT molecular complexity index is 1160. The molecule has 0 radical (unpaired) electrons. The van der Waals surface area contributed by atoms with Crippen LogP contribution in [0, 0.1) is 12.7 Å². The normalized spacial score (nSPS) is 15.2. The molecule has 1 fully saturated rings. The Morgan fingerprint density at radius 3 is 2.51 bits per heavy atom. The van der Waals surface area contributed by atoms with Crippen molar-refractivity contribution in [2.75, 3.05) is 5.32 Å². The van der Waals surface area contributed by atoms with Gasteiger partial charge in [0.15, 0.2) is 0 Å². The Morgan fingerprint density at radius 2 is 1.94 bits per heavy atom. The molecule has 2 aliphatic rings. The maximum atomic E-state index is 13.4. The Balaban J connectivity index is 0.00000108. The smallest absolute Gasteiger partial charge is 0.292 e. The lowest BCUT2D eigenvalue weighted by atomic mass is 9.73. The van der Waals surface area contributed by atoms with Gasteiger partial charge in [0.05, 0.1) is 10.6 Å². The number of aromatic nitrogens is 1. The lowest BCUT2D eigenvalue weighted by molar-refractivity contribution is -0.120. The van der Waals surface area contributed by atoms with Crippen molar-refractivity contribution in [3.8, 4) is 0 Å². The number of Topliss-reactive ketones (excluding diaryl/α,β-unsaturated/α-hetero) is 1. The average molecular weight is 505 g/mol. The molecule has 0 spiro atoms. The number of hydrogen-bond donors (Lipinski definition) is 3. The number of amides is 3. The van der Waals surface area contributed by atoms with Crippen molar-refractivity contribution in [1.82, 2.24) is 9.88 Å². The van der Waals surface area contributed by atoms with Gasteiger partial charge in [0.1, 0.15) is 11.5 Å². The molecule has 2 aromatic rings. The summed E-state index contributed by atoms with van der Waals surface area (Å²) in [6.07, 6.45) is 6.29. The zero-order valence-corrected chi connectivity index (χ0v) is 20.6. The fourth-order valence-corrected chi connectivity index (χ4v) is 5.19. The Hall–Kier alpha value is -3.20. The minimum atomic E-state index is -0.598. The van der Waals surface area contributed by atoms with E-state index in [2.05, 4.69) is 23.3 Å². The first-order chi connectivity index (χ1) is 16.7. The molecule has 1 aliphatic carbocycles. The molecule has 0 unspecified atom stereocenters. The molecule has 0 saturated heterocycles. The number of primary amides is 1. The van der Waals surface area contributed by atoms with Crippen LogP contribution >= 0.6 is 11.6 Å². The fourth-order valence-electron chi connectivity index (χ4n) is 5.01. The van der Waals surface area contributed by atoms with E-state index in [0.29, 0.717) is 35.5 Å². The van der Waals surface area contributed by atoms with Gasteiger partial charge in [-0.1, -0.05) is 24.9 Å². The highest BCUT2D eigenvalue weighted by Gasteiger charge is 2.40. The highest BCUT2D eigenvalue weighted by molar-refractivity contribution is 6.44. The van der Waals surface area contributed by atoms with Crippen LogP contribution in [-0.2, 0) is 22.6 Å². The third-order valence-corrected chi connectivity index (χ3v) is 6.94. The number of carbonyl (C=O) groups excluding carboxylic acids is 4. The summed E-state index contributed by atoms with van der Waals surface area (Å²) in [7, 11) is 0. The second kappa shape index (κ2) is 11.0. The number of nitrogens with zero attached hydrogens (tertiary/aromatic N) is 1. The zero-order chi connectivity index (χ0) is 25.8. The third kappa shape index (κ3) is 5.40. The van der Waals surface area contributed by atoms with Gasteiger partial charge in [0.25, 0.3) is 17.6 Å². The topological polar surface area (TPSA) is 123 Å². The molecule has 1 aromatic carbocycles. The van der Waals surface area contributed by atoms with Gasteiger partial charge in [-0.15, -0.1) is 0 Å². The van der Waals surface area contributed by atoms with Gasteiger partial charge in [0, 0.05) is 23.5 Å². The largest absolute Gasteiger partial charge is 0.372 e. The monoisotopic (exact) mass is 504 g/mol. The van der Waals surface area contributed by atoms with Crippen LogP contribution in [0.4, 0.5) is 10.1 Å². The van der Waals surface area contributed by atoms with E-state index in [1.807, 2.05) is 4.57 Å². The van der Waals surface area contributed by atoms with Crippen molar-refractivity contribution in [2.24, 2.45) is 5.73 Å². The van der Waals surface area contributed by atoms with E-state index in [-0.39, 0.29) is 17.0 Å². The summed E-state index contributed by atoms with van der Waals surface area (Å²) in [5, 5.41) is 5.62. The molecule has 0 atom stereocenters. The SMILES string of the molecule is CCCC1(NC(=O)C(=O)c2c(C)c(C(=O)Nc3ccc(F)c(Cl)c3)n3c2CCC3)CCC1.NC=O. The number of halogens is 2. The van der Waals surface area contributed by atoms with Gasteiger partial charge >= 0.3 is 0 Å². The van der Waals surface area contributed by atoms with Gasteiger partial charge in [-0.3, -0.25) is 19.2 Å². The van der Waals surface area contributed by atoms with Gasteiger partial charge in [-0.25, -0.2) is 4.39 Å². The maximum absolute atomic E-state index is 13.4. The molecule has 10 heteroatoms. The van der Waals surface area contributed by atoms with Gasteiger partial charge in [-0.2, -0.15) is 0 Å². The Kier molecular flexibility index (Phi) is 8.32. The molecule has 2 heterocycles. The van der Waals surface area contributed by atoms with Crippen LogP contribution in [-0.4, -0.2) is 34.1 Å². The summed E-state index contributed by atoms with van der Waals surface area (Å²) in [6, 6.07) is 3.94. The van der Waals surface area contributed by atoms with Crippen LogP contribution in [0.25, 0.3) is 0 Å². The van der Waals surface area contributed by atoms with E-state index in [1.165, 1.54) is 18.2 Å². The molecular formula is C25H30ClFN4O4. The molecule has 3 amide bonds. The number of rotatable bonds is 7. The first kappa shape index (κ1) is 26.4. The lowest BCUT2D eigenvalue weighted by Gasteiger charge is -2.42. The van der Waals surface area contributed by atoms with E-state index in [1.54, 1.807) is 6.92 Å². The number of ketones is 1. The van der Waals surface area contributed by atoms with Gasteiger partial charge in [-0.05, 0) is 69.2 Å². The molecule has 188 valence electrons. The van der Waals surface area contributed by atoms with E-state index in [0.717, 1.165) is 44.2 Å². The summed E-state index contributed by atoms with van der Waals surface area (Å²) in [4.78, 5) is 47.8. The van der Waals surface area contributed by atoms with Crippen LogP contribution in [0.2, 0.25) is 5.02 Å². The summed E-state index contributed by atoms with van der Waals surface area (Å²) in [5.41, 5.74) is 6.13. The summed E-state index contributed by atoms with van der Waals surface area (Å²) in [6.45, 7) is 4.36. The van der Waals surface area contributed by atoms with Crippen molar-refractivity contribution >= 4 is 41.3 Å². The van der Waals surface area contributed by atoms with Crippen molar-refractivity contribution in [3.63, 3.8) is 0 Å². The van der Waals surface area contributed by atoms with Crippen LogP contribution in [0.5, 0.6) is 0 Å². The Morgan fingerprint density at radius 1 is 1.26 bits per heavy atom. The van der Waals surface area contributed by atoms with Gasteiger partial charge in [0.2, 0.25) is 6.41 Å². The second-order valence-corrected chi connectivity index (χ2v) is 9.34. The summed E-state index contributed by atoms with van der Waals surface area (Å²) < 4.78 is 15.3. The summed E-state index contributed by atoms with van der Waals surface area (Å²) >= 11 is 5.82. The highest BCUT2D eigenvalue weighted by atomic mass is 35.5. The van der Waals surface area contributed by atoms with E-state index < -0.39 is 23.4 Å². The van der Waals surface area contributed by atoms with Crippen LogP contribution in [0.3, 0.4) is 0 Å². The molecule has 4 N–H and O–H groups in total. The highest BCUT2D eigenvalue weighted by Crippen LogP contribution is 2.36. The van der Waals surface area contributed by atoms with Crippen LogP contribution < -0.4 is 16.4 Å². The molecule has 1 aliphatic heterocycles. The standard InChI is InChI=1S/C24H27ClFN3O3.CH3NO/c1-3-9-24(10-5-11-24)28-23(32)21(30)19-14(2)20(29-12-4-6-18(19)29)22(31)27-15-7-8-17(26)16(25)13-15;2-1-3/h7-8,13H,3-6,9-12H2,1-2H3,(H,27,31)(H,28,32);1H,(H2,2,3). The van der Waals surface area contributed by atoms with Gasteiger partial charge < -0.3 is 20.9 Å². The van der Waals surface area contributed by atoms with Crippen LogP contribution in [0.15, 0.2) is 18.2 Å². The van der Waals surface area contributed by atoms with Crippen molar-refractivity contribution in [2.45, 2.75) is 70.9 Å². The molecule has 8 nitrogen and oxygen atoms in total. The number of benzene rings is 1.